The van der Waals surface area contributed by atoms with E-state index in [1.54, 1.807) is 0 Å². The summed E-state index contributed by atoms with van der Waals surface area (Å²) < 4.78 is 0. The highest BCUT2D eigenvalue weighted by molar-refractivity contribution is 5.25. The van der Waals surface area contributed by atoms with Crippen molar-refractivity contribution in [2.75, 3.05) is 0 Å². The van der Waals surface area contributed by atoms with Crippen molar-refractivity contribution in [1.82, 2.24) is 9.97 Å². The maximum atomic E-state index is 4.59. The van der Waals surface area contributed by atoms with Crippen LogP contribution in [-0.2, 0) is 19.3 Å². The second-order valence-corrected chi connectivity index (χ2v) is 8.19. The molecule has 0 bridgehead atoms. The molecule has 0 amide bonds. The summed E-state index contributed by atoms with van der Waals surface area (Å²) in [4.78, 5) is 9.19. The molecule has 0 N–H and O–H groups in total. The molecule has 0 aliphatic rings. The standard InChI is InChI=1S/C25H45N2/c1-4-7-10-13-16-19-23-24(20-17-14-11-8-5-2)26-22-27-25(23)21-18-15-12-9-6-3/h4-21H2,1-3H3. The lowest BCUT2D eigenvalue weighted by Gasteiger charge is -2.13. The molecule has 0 unspecified atom stereocenters. The first kappa shape index (κ1) is 24.1. The molecule has 2 nitrogen and oxygen atoms in total. The van der Waals surface area contributed by atoms with Crippen LogP contribution in [0.3, 0.4) is 0 Å². The molecule has 1 heterocycles. The van der Waals surface area contributed by atoms with Crippen LogP contribution in [0, 0.1) is 6.33 Å². The normalized spacial score (nSPS) is 11.2. The second-order valence-electron chi connectivity index (χ2n) is 8.19. The molecule has 0 atom stereocenters. The number of aromatic nitrogens is 2. The largest absolute Gasteiger partial charge is 0.230 e. The van der Waals surface area contributed by atoms with Crippen LogP contribution in [-0.4, -0.2) is 9.97 Å². The van der Waals surface area contributed by atoms with Crippen LogP contribution in [0.2, 0.25) is 0 Å². The van der Waals surface area contributed by atoms with Crippen LogP contribution >= 0.6 is 0 Å². The Balaban J connectivity index is 2.60. The fraction of sp³-hybridized carbons (Fsp3) is 0.840. The number of hydrogen-bond acceptors (Lipinski definition) is 2. The molecule has 0 aliphatic carbocycles. The topological polar surface area (TPSA) is 25.8 Å². The van der Waals surface area contributed by atoms with Gasteiger partial charge in [0.15, 0.2) is 6.33 Å². The van der Waals surface area contributed by atoms with Crippen LogP contribution in [0.15, 0.2) is 0 Å². The zero-order valence-corrected chi connectivity index (χ0v) is 18.6. The van der Waals surface area contributed by atoms with Crippen LogP contribution in [0.25, 0.3) is 0 Å². The summed E-state index contributed by atoms with van der Waals surface area (Å²) in [6, 6.07) is 0. The lowest BCUT2D eigenvalue weighted by molar-refractivity contribution is 0.602. The van der Waals surface area contributed by atoms with Gasteiger partial charge in [-0.3, -0.25) is 0 Å². The van der Waals surface area contributed by atoms with Crippen molar-refractivity contribution >= 4 is 0 Å². The van der Waals surface area contributed by atoms with Gasteiger partial charge >= 0.3 is 0 Å². The summed E-state index contributed by atoms with van der Waals surface area (Å²) in [6.07, 6.45) is 26.4. The average molecular weight is 374 g/mol. The van der Waals surface area contributed by atoms with E-state index in [9.17, 15) is 0 Å². The number of rotatable bonds is 18. The molecule has 27 heavy (non-hydrogen) atoms. The highest BCUT2D eigenvalue weighted by Crippen LogP contribution is 2.20. The third kappa shape index (κ3) is 11.5. The van der Waals surface area contributed by atoms with Crippen LogP contribution in [0.4, 0.5) is 0 Å². The Labute approximate surface area is 170 Å². The maximum absolute atomic E-state index is 4.59. The quantitative estimate of drug-likeness (QED) is 0.245. The predicted octanol–water partition coefficient (Wildman–Crippen LogP) is 7.82. The van der Waals surface area contributed by atoms with Gasteiger partial charge in [-0.2, -0.15) is 0 Å². The van der Waals surface area contributed by atoms with E-state index in [2.05, 4.69) is 37.1 Å². The van der Waals surface area contributed by atoms with Crippen LogP contribution < -0.4 is 0 Å². The molecule has 2 heteroatoms. The van der Waals surface area contributed by atoms with Gasteiger partial charge < -0.3 is 0 Å². The highest BCUT2D eigenvalue weighted by Gasteiger charge is 2.11. The Morgan fingerprint density at radius 3 is 1.26 bits per heavy atom. The second kappa shape index (κ2) is 17.2. The third-order valence-corrected chi connectivity index (χ3v) is 5.63. The number of aryl methyl sites for hydroxylation is 2. The molecule has 0 saturated carbocycles. The van der Waals surface area contributed by atoms with Gasteiger partial charge in [0.25, 0.3) is 0 Å². The van der Waals surface area contributed by atoms with E-state index in [0.717, 1.165) is 12.8 Å². The number of hydrogen-bond donors (Lipinski definition) is 0. The molecule has 1 radical (unpaired) electrons. The summed E-state index contributed by atoms with van der Waals surface area (Å²) in [7, 11) is 0. The zero-order chi connectivity index (χ0) is 19.6. The van der Waals surface area contributed by atoms with Crippen molar-refractivity contribution in [3.8, 4) is 0 Å². The molecular formula is C25H45N2. The summed E-state index contributed by atoms with van der Waals surface area (Å²) >= 11 is 0. The van der Waals surface area contributed by atoms with Crippen molar-refractivity contribution in [2.45, 2.75) is 136 Å². The van der Waals surface area contributed by atoms with E-state index in [1.165, 1.54) is 120 Å². The molecule has 0 aromatic carbocycles. The fourth-order valence-corrected chi connectivity index (χ4v) is 3.85. The van der Waals surface area contributed by atoms with E-state index >= 15 is 0 Å². The average Bonchev–Trinajstić information content (AvgIpc) is 2.68. The Morgan fingerprint density at radius 2 is 0.852 bits per heavy atom. The lowest BCUT2D eigenvalue weighted by atomic mass is 9.96. The predicted molar refractivity (Wildman–Crippen MR) is 118 cm³/mol. The van der Waals surface area contributed by atoms with Crippen LogP contribution in [0.5, 0.6) is 0 Å². The minimum atomic E-state index is 1.12. The lowest BCUT2D eigenvalue weighted by Crippen LogP contribution is -2.07. The Kier molecular flexibility index (Phi) is 15.4. The fourth-order valence-electron chi connectivity index (χ4n) is 3.85. The number of nitrogens with zero attached hydrogens (tertiary/aromatic N) is 2. The molecule has 1 rings (SSSR count). The van der Waals surface area contributed by atoms with E-state index in [4.69, 9.17) is 0 Å². The van der Waals surface area contributed by atoms with Gasteiger partial charge in [-0.1, -0.05) is 97.8 Å². The highest BCUT2D eigenvalue weighted by atomic mass is 14.8. The molecule has 0 spiro atoms. The van der Waals surface area contributed by atoms with E-state index in [1.807, 2.05) is 0 Å². The zero-order valence-electron chi connectivity index (χ0n) is 18.6. The van der Waals surface area contributed by atoms with Crippen LogP contribution in [0.1, 0.15) is 134 Å². The Morgan fingerprint density at radius 1 is 0.481 bits per heavy atom. The van der Waals surface area contributed by atoms with Crippen molar-refractivity contribution in [3.63, 3.8) is 0 Å². The Bertz CT molecular complexity index is 423. The van der Waals surface area contributed by atoms with Crippen molar-refractivity contribution in [3.05, 3.63) is 23.3 Å². The molecule has 0 fully saturated rings. The minimum absolute atomic E-state index is 1.12. The summed E-state index contributed by atoms with van der Waals surface area (Å²) in [5.74, 6) is 0. The molecule has 1 aromatic rings. The first-order valence-electron chi connectivity index (χ1n) is 12.1. The smallest absolute Gasteiger partial charge is 0.198 e. The summed E-state index contributed by atoms with van der Waals surface area (Å²) in [6.45, 7) is 6.85. The van der Waals surface area contributed by atoms with Gasteiger partial charge in [-0.25, -0.2) is 9.97 Å². The SMILES string of the molecule is CCCCCCCc1n[c]nc(CCCCCCC)c1CCCCCCC. The molecule has 0 aliphatic heterocycles. The van der Waals surface area contributed by atoms with E-state index < -0.39 is 0 Å². The summed E-state index contributed by atoms with van der Waals surface area (Å²) in [5.41, 5.74) is 4.09. The molecule has 1 aromatic heterocycles. The molecule has 0 saturated heterocycles. The first-order valence-corrected chi connectivity index (χ1v) is 12.1. The van der Waals surface area contributed by atoms with Crippen molar-refractivity contribution < 1.29 is 0 Å². The van der Waals surface area contributed by atoms with E-state index in [0.29, 0.717) is 0 Å². The third-order valence-electron chi connectivity index (χ3n) is 5.63. The monoisotopic (exact) mass is 373 g/mol. The van der Waals surface area contributed by atoms with Crippen molar-refractivity contribution in [2.24, 2.45) is 0 Å². The van der Waals surface area contributed by atoms with Gasteiger partial charge in [0, 0.05) is 11.4 Å². The Hall–Kier alpha value is -0.920. The molecular weight excluding hydrogens is 328 g/mol. The maximum Gasteiger partial charge on any atom is 0.198 e. The van der Waals surface area contributed by atoms with Gasteiger partial charge in [-0.15, -0.1) is 0 Å². The van der Waals surface area contributed by atoms with Gasteiger partial charge in [0.2, 0.25) is 0 Å². The molecule has 155 valence electrons. The van der Waals surface area contributed by atoms with Gasteiger partial charge in [0.1, 0.15) is 0 Å². The minimum Gasteiger partial charge on any atom is -0.230 e. The summed E-state index contributed by atoms with van der Waals surface area (Å²) in [5, 5.41) is 0. The van der Waals surface area contributed by atoms with E-state index in [-0.39, 0.29) is 0 Å². The number of unbranched alkanes of at least 4 members (excludes halogenated alkanes) is 12. The first-order chi connectivity index (χ1) is 13.3. The van der Waals surface area contributed by atoms with Crippen molar-refractivity contribution in [1.29, 1.82) is 0 Å². The van der Waals surface area contributed by atoms with Gasteiger partial charge in [0.05, 0.1) is 0 Å². The van der Waals surface area contributed by atoms with Gasteiger partial charge in [-0.05, 0) is 44.1 Å².